The Bertz CT molecular complexity index is 810. The molecule has 0 aliphatic carbocycles. The first-order valence-electron chi connectivity index (χ1n) is 6.60. The lowest BCUT2D eigenvalue weighted by Gasteiger charge is -2.29. The largest absolute Gasteiger partial charge is 0.370 e. The highest BCUT2D eigenvalue weighted by molar-refractivity contribution is 9.10. The summed E-state index contributed by atoms with van der Waals surface area (Å²) in [6.45, 7) is 0. The van der Waals surface area contributed by atoms with E-state index in [1.54, 1.807) is 6.07 Å². The van der Waals surface area contributed by atoms with Gasteiger partial charge in [0, 0.05) is 21.3 Å². The van der Waals surface area contributed by atoms with E-state index in [-0.39, 0.29) is 16.8 Å². The average molecular weight is 382 g/mol. The number of carbonyl (C=O) groups excluding carboxylic acids is 2. The number of Topliss-reactive ketones (excluding diaryl/α,β-unsaturated/α-hetero) is 1. The van der Waals surface area contributed by atoms with Gasteiger partial charge in [-0.05, 0) is 18.2 Å². The molecular formula is C16H10BrF2NO3. The molecule has 1 amide bonds. The summed E-state index contributed by atoms with van der Waals surface area (Å²) in [6.07, 6.45) is 0. The highest BCUT2D eigenvalue weighted by Crippen LogP contribution is 2.48. The SMILES string of the molecule is O=C(c1ccccc1)C(F)(F)C1(O)C(=O)Nc2ccc(Br)cc21. The molecule has 0 bridgehead atoms. The number of ketones is 1. The van der Waals surface area contributed by atoms with E-state index in [0.717, 1.165) is 0 Å². The van der Waals surface area contributed by atoms with Crippen LogP contribution in [0.2, 0.25) is 0 Å². The standard InChI is InChI=1S/C16H10BrF2NO3/c17-10-6-7-12-11(8-10)15(23,14(22)20-12)16(18,19)13(21)9-4-2-1-3-5-9/h1-8,23H,(H,20,22). The van der Waals surface area contributed by atoms with E-state index in [2.05, 4.69) is 21.2 Å². The molecule has 2 N–H and O–H groups in total. The molecule has 3 rings (SSSR count). The number of nitrogens with one attached hydrogen (secondary N) is 1. The summed E-state index contributed by atoms with van der Waals surface area (Å²) in [5.41, 5.74) is -3.85. The quantitative estimate of drug-likeness (QED) is 0.802. The lowest BCUT2D eigenvalue weighted by molar-refractivity contribution is -0.171. The van der Waals surface area contributed by atoms with Gasteiger partial charge in [-0.15, -0.1) is 0 Å². The van der Waals surface area contributed by atoms with Gasteiger partial charge in [-0.2, -0.15) is 8.78 Å². The van der Waals surface area contributed by atoms with Gasteiger partial charge in [0.2, 0.25) is 11.4 Å². The second-order valence-corrected chi connectivity index (χ2v) is 6.04. The fraction of sp³-hybridized carbons (Fsp3) is 0.125. The molecule has 1 aliphatic heterocycles. The van der Waals surface area contributed by atoms with Crippen molar-refractivity contribution >= 4 is 33.3 Å². The number of alkyl halides is 2. The van der Waals surface area contributed by atoms with Gasteiger partial charge < -0.3 is 10.4 Å². The maximum atomic E-state index is 14.8. The number of hydrogen-bond acceptors (Lipinski definition) is 3. The molecule has 1 unspecified atom stereocenters. The van der Waals surface area contributed by atoms with Gasteiger partial charge in [-0.25, -0.2) is 0 Å². The highest BCUT2D eigenvalue weighted by atomic mass is 79.9. The minimum absolute atomic E-state index is 0.0428. The van der Waals surface area contributed by atoms with E-state index in [4.69, 9.17) is 0 Å². The Kier molecular flexibility index (Phi) is 3.57. The van der Waals surface area contributed by atoms with Crippen molar-refractivity contribution < 1.29 is 23.5 Å². The van der Waals surface area contributed by atoms with E-state index in [1.807, 2.05) is 0 Å². The number of carbonyl (C=O) groups is 2. The Labute approximate surface area is 138 Å². The van der Waals surface area contributed by atoms with Crippen molar-refractivity contribution in [3.8, 4) is 0 Å². The molecule has 23 heavy (non-hydrogen) atoms. The molecule has 0 radical (unpaired) electrons. The lowest BCUT2D eigenvalue weighted by atomic mass is 9.84. The minimum Gasteiger partial charge on any atom is -0.370 e. The van der Waals surface area contributed by atoms with Gasteiger partial charge in [0.15, 0.2) is 0 Å². The van der Waals surface area contributed by atoms with Crippen molar-refractivity contribution in [2.75, 3.05) is 5.32 Å². The molecule has 2 aromatic carbocycles. The summed E-state index contributed by atoms with van der Waals surface area (Å²) in [4.78, 5) is 24.2. The molecule has 0 spiro atoms. The van der Waals surface area contributed by atoms with Gasteiger partial charge in [-0.1, -0.05) is 46.3 Å². The summed E-state index contributed by atoms with van der Waals surface area (Å²) >= 11 is 3.11. The first-order valence-corrected chi connectivity index (χ1v) is 7.39. The molecule has 0 saturated heterocycles. The third kappa shape index (κ3) is 2.19. The minimum atomic E-state index is -4.33. The van der Waals surface area contributed by atoms with Crippen molar-refractivity contribution in [3.63, 3.8) is 0 Å². The fourth-order valence-corrected chi connectivity index (χ4v) is 2.87. The smallest absolute Gasteiger partial charge is 0.351 e. The van der Waals surface area contributed by atoms with Crippen LogP contribution in [-0.2, 0) is 10.4 Å². The van der Waals surface area contributed by atoms with Crippen LogP contribution in [0.15, 0.2) is 53.0 Å². The summed E-state index contributed by atoms with van der Waals surface area (Å²) in [7, 11) is 0. The highest BCUT2D eigenvalue weighted by Gasteiger charge is 2.67. The van der Waals surface area contributed by atoms with Gasteiger partial charge in [0.1, 0.15) is 0 Å². The summed E-state index contributed by atoms with van der Waals surface area (Å²) < 4.78 is 30.0. The van der Waals surface area contributed by atoms with Crippen LogP contribution < -0.4 is 5.32 Å². The Morgan fingerprint density at radius 3 is 2.48 bits per heavy atom. The van der Waals surface area contributed by atoms with Crippen molar-refractivity contribution in [2.24, 2.45) is 0 Å². The number of halogens is 3. The average Bonchev–Trinajstić information content (AvgIpc) is 2.80. The number of benzene rings is 2. The zero-order valence-electron chi connectivity index (χ0n) is 11.5. The molecular weight excluding hydrogens is 372 g/mol. The Morgan fingerprint density at radius 2 is 1.83 bits per heavy atom. The van der Waals surface area contributed by atoms with Gasteiger partial charge in [0.05, 0.1) is 0 Å². The number of hydrogen-bond donors (Lipinski definition) is 2. The molecule has 1 atom stereocenters. The van der Waals surface area contributed by atoms with Gasteiger partial charge in [0.25, 0.3) is 5.91 Å². The predicted octanol–water partition coefficient (Wildman–Crippen LogP) is 3.11. The summed E-state index contributed by atoms with van der Waals surface area (Å²) in [5, 5.41) is 12.7. The van der Waals surface area contributed by atoms with Crippen molar-refractivity contribution in [3.05, 3.63) is 64.1 Å². The van der Waals surface area contributed by atoms with Crippen molar-refractivity contribution in [1.29, 1.82) is 0 Å². The molecule has 0 aromatic heterocycles. The molecule has 1 heterocycles. The van der Waals surface area contributed by atoms with Crippen LogP contribution in [0.3, 0.4) is 0 Å². The van der Waals surface area contributed by atoms with Gasteiger partial charge >= 0.3 is 5.92 Å². The molecule has 2 aromatic rings. The Balaban J connectivity index is 2.14. The molecule has 1 aliphatic rings. The molecule has 118 valence electrons. The Hall–Kier alpha value is -2.12. The van der Waals surface area contributed by atoms with Crippen molar-refractivity contribution in [2.45, 2.75) is 11.5 Å². The lowest BCUT2D eigenvalue weighted by Crippen LogP contribution is -2.55. The third-order valence-electron chi connectivity index (χ3n) is 3.72. The third-order valence-corrected chi connectivity index (χ3v) is 4.22. The fourth-order valence-electron chi connectivity index (χ4n) is 2.51. The molecule has 0 saturated carbocycles. The van der Waals surface area contributed by atoms with Crippen LogP contribution in [0.1, 0.15) is 15.9 Å². The van der Waals surface area contributed by atoms with E-state index in [0.29, 0.717) is 4.47 Å². The molecule has 7 heteroatoms. The Morgan fingerprint density at radius 1 is 1.17 bits per heavy atom. The monoisotopic (exact) mass is 381 g/mol. The normalized spacial score (nSPS) is 20.1. The van der Waals surface area contributed by atoms with Crippen LogP contribution in [0.5, 0.6) is 0 Å². The number of rotatable bonds is 3. The maximum Gasteiger partial charge on any atom is 0.351 e. The summed E-state index contributed by atoms with van der Waals surface area (Å²) in [5.74, 6) is -7.28. The predicted molar refractivity (Wildman–Crippen MR) is 82.4 cm³/mol. The topological polar surface area (TPSA) is 66.4 Å². The van der Waals surface area contributed by atoms with Crippen LogP contribution >= 0.6 is 15.9 Å². The van der Waals surface area contributed by atoms with Crippen LogP contribution in [0, 0.1) is 0 Å². The van der Waals surface area contributed by atoms with Crippen molar-refractivity contribution in [1.82, 2.24) is 0 Å². The summed E-state index contributed by atoms with van der Waals surface area (Å²) in [6, 6.07) is 10.9. The maximum absolute atomic E-state index is 14.8. The first kappa shape index (κ1) is 15.8. The number of anilines is 1. The number of aliphatic hydroxyl groups is 1. The second kappa shape index (κ2) is 5.21. The zero-order chi connectivity index (χ0) is 16.8. The van der Waals surface area contributed by atoms with E-state index in [1.165, 1.54) is 42.5 Å². The van der Waals surface area contributed by atoms with E-state index >= 15 is 0 Å². The van der Waals surface area contributed by atoms with Gasteiger partial charge in [-0.3, -0.25) is 9.59 Å². The van der Waals surface area contributed by atoms with Crippen LogP contribution in [-0.4, -0.2) is 22.7 Å². The molecule has 4 nitrogen and oxygen atoms in total. The van der Waals surface area contributed by atoms with Crippen LogP contribution in [0.25, 0.3) is 0 Å². The number of fused-ring (bicyclic) bond motifs is 1. The number of amides is 1. The first-order chi connectivity index (χ1) is 10.8. The zero-order valence-corrected chi connectivity index (χ0v) is 13.1. The second-order valence-electron chi connectivity index (χ2n) is 5.12. The van der Waals surface area contributed by atoms with E-state index in [9.17, 15) is 23.5 Å². The molecule has 0 fully saturated rings. The van der Waals surface area contributed by atoms with E-state index < -0.39 is 23.2 Å². The van der Waals surface area contributed by atoms with Crippen LogP contribution in [0.4, 0.5) is 14.5 Å².